The van der Waals surface area contributed by atoms with Gasteiger partial charge in [-0.3, -0.25) is 4.79 Å². The maximum absolute atomic E-state index is 11.9. The third-order valence-electron chi connectivity index (χ3n) is 3.38. The molecule has 0 aromatic heterocycles. The van der Waals surface area contributed by atoms with Gasteiger partial charge >= 0.3 is 0 Å². The number of rotatable bonds is 2. The van der Waals surface area contributed by atoms with Crippen LogP contribution in [0.1, 0.15) is 25.7 Å². The molecule has 1 saturated carbocycles. The van der Waals surface area contributed by atoms with Crippen LogP contribution in [0.5, 0.6) is 0 Å². The van der Waals surface area contributed by atoms with Crippen molar-refractivity contribution in [2.75, 3.05) is 13.6 Å². The number of hydrogen-bond acceptors (Lipinski definition) is 3. The summed E-state index contributed by atoms with van der Waals surface area (Å²) in [5.41, 5.74) is 0. The van der Waals surface area contributed by atoms with Crippen molar-refractivity contribution in [3.63, 3.8) is 0 Å². The van der Waals surface area contributed by atoms with Crippen molar-refractivity contribution in [3.8, 4) is 0 Å². The second-order valence-electron chi connectivity index (χ2n) is 4.38. The highest BCUT2D eigenvalue weighted by Crippen LogP contribution is 2.24. The first-order chi connectivity index (χ1) is 6.68. The molecule has 0 aromatic rings. The number of β-amino-alcohol motifs (C(OH)–C–C–N with tert-alkyl or cyclic N) is 1. The largest absolute Gasteiger partial charge is 0.392 e. The van der Waals surface area contributed by atoms with Gasteiger partial charge in [0.05, 0.1) is 12.1 Å². The number of aliphatic hydroxyl groups is 1. The minimum Gasteiger partial charge on any atom is -0.392 e. The number of carbonyl (C=O) groups excluding carboxylic acids is 1. The van der Waals surface area contributed by atoms with Gasteiger partial charge in [-0.15, -0.1) is 12.4 Å². The Morgan fingerprint density at radius 3 is 2.53 bits per heavy atom. The first-order valence-corrected chi connectivity index (χ1v) is 5.36. The number of halogens is 1. The lowest BCUT2D eigenvalue weighted by atomic mass is 9.91. The summed E-state index contributed by atoms with van der Waals surface area (Å²) in [5.74, 6) is 0.145. The van der Waals surface area contributed by atoms with Gasteiger partial charge in [-0.2, -0.15) is 0 Å². The van der Waals surface area contributed by atoms with Gasteiger partial charge in [0.15, 0.2) is 0 Å². The van der Waals surface area contributed by atoms with Crippen LogP contribution < -0.4 is 5.32 Å². The molecule has 4 nitrogen and oxygen atoms in total. The van der Waals surface area contributed by atoms with Crippen molar-refractivity contribution < 1.29 is 9.90 Å². The number of nitrogens with one attached hydrogen (secondary N) is 1. The van der Waals surface area contributed by atoms with Crippen molar-refractivity contribution in [1.82, 2.24) is 10.2 Å². The third kappa shape index (κ3) is 2.62. The van der Waals surface area contributed by atoms with Crippen LogP contribution in [-0.4, -0.2) is 47.7 Å². The molecule has 2 rings (SSSR count). The standard InChI is InChI=1S/C10H18N2O2.ClH/c1-12(7-3-2-4-7)10(14)9-5-8(13)6-11-9;/h7-9,11,13H,2-6H2,1H3;1H/t8-,9+;/m0./s1. The number of amides is 1. The molecule has 0 radical (unpaired) electrons. The highest BCUT2D eigenvalue weighted by Gasteiger charge is 2.34. The Morgan fingerprint density at radius 2 is 2.13 bits per heavy atom. The lowest BCUT2D eigenvalue weighted by molar-refractivity contribution is -0.135. The van der Waals surface area contributed by atoms with E-state index in [1.54, 1.807) is 0 Å². The summed E-state index contributed by atoms with van der Waals surface area (Å²) in [5, 5.41) is 12.4. The van der Waals surface area contributed by atoms with E-state index in [2.05, 4.69) is 5.32 Å². The van der Waals surface area contributed by atoms with Gasteiger partial charge < -0.3 is 15.3 Å². The molecule has 5 heteroatoms. The van der Waals surface area contributed by atoms with E-state index in [1.165, 1.54) is 6.42 Å². The predicted octanol–water partition coefficient (Wildman–Crippen LogP) is 0.142. The molecule has 0 unspecified atom stereocenters. The Hall–Kier alpha value is -0.320. The van der Waals surface area contributed by atoms with Crippen LogP contribution in [0.2, 0.25) is 0 Å². The molecule has 2 aliphatic rings. The van der Waals surface area contributed by atoms with Gasteiger partial charge in [0.25, 0.3) is 0 Å². The molecule has 2 N–H and O–H groups in total. The normalized spacial score (nSPS) is 30.5. The van der Waals surface area contributed by atoms with Crippen molar-refractivity contribution >= 4 is 18.3 Å². The van der Waals surface area contributed by atoms with E-state index in [0.717, 1.165) is 12.8 Å². The zero-order valence-corrected chi connectivity index (χ0v) is 9.80. The summed E-state index contributed by atoms with van der Waals surface area (Å²) < 4.78 is 0. The molecule has 1 saturated heterocycles. The van der Waals surface area contributed by atoms with E-state index in [-0.39, 0.29) is 30.5 Å². The Labute approximate surface area is 96.4 Å². The van der Waals surface area contributed by atoms with Crippen LogP contribution in [-0.2, 0) is 4.79 Å². The number of likely N-dealkylation sites (N-methyl/N-ethyl adjacent to an activating group) is 1. The summed E-state index contributed by atoms with van der Waals surface area (Å²) >= 11 is 0. The molecule has 0 aromatic carbocycles. The molecule has 2 atom stereocenters. The number of nitrogens with zero attached hydrogens (tertiary/aromatic N) is 1. The molecule has 1 heterocycles. The molecule has 0 spiro atoms. The Kier molecular flexibility index (Phi) is 4.37. The zero-order valence-electron chi connectivity index (χ0n) is 8.98. The Bertz CT molecular complexity index is 229. The Morgan fingerprint density at radius 1 is 1.47 bits per heavy atom. The molecular weight excluding hydrogens is 216 g/mol. The fourth-order valence-corrected chi connectivity index (χ4v) is 2.10. The van der Waals surface area contributed by atoms with Crippen LogP contribution in [0.4, 0.5) is 0 Å². The molecule has 15 heavy (non-hydrogen) atoms. The monoisotopic (exact) mass is 234 g/mol. The van der Waals surface area contributed by atoms with Gasteiger partial charge in [0, 0.05) is 19.6 Å². The molecule has 2 fully saturated rings. The van der Waals surface area contributed by atoms with E-state index in [9.17, 15) is 9.90 Å². The third-order valence-corrected chi connectivity index (χ3v) is 3.38. The molecular formula is C10H19ClN2O2. The average molecular weight is 235 g/mol. The number of aliphatic hydroxyl groups excluding tert-OH is 1. The van der Waals surface area contributed by atoms with Gasteiger partial charge in [0.1, 0.15) is 0 Å². The van der Waals surface area contributed by atoms with E-state index in [4.69, 9.17) is 0 Å². The molecule has 88 valence electrons. The smallest absolute Gasteiger partial charge is 0.239 e. The summed E-state index contributed by atoms with van der Waals surface area (Å²) in [6.07, 6.45) is 3.73. The summed E-state index contributed by atoms with van der Waals surface area (Å²) in [7, 11) is 1.87. The summed E-state index contributed by atoms with van der Waals surface area (Å²) in [4.78, 5) is 13.7. The minimum absolute atomic E-state index is 0. The second kappa shape index (κ2) is 5.14. The molecule has 1 amide bonds. The SMILES string of the molecule is CN(C(=O)[C@H]1C[C@H](O)CN1)C1CCC1.Cl. The van der Waals surface area contributed by atoms with Crippen molar-refractivity contribution in [1.29, 1.82) is 0 Å². The fraction of sp³-hybridized carbons (Fsp3) is 0.900. The van der Waals surface area contributed by atoms with Gasteiger partial charge in [-0.1, -0.05) is 0 Å². The highest BCUT2D eigenvalue weighted by atomic mass is 35.5. The number of hydrogen-bond donors (Lipinski definition) is 2. The lowest BCUT2D eigenvalue weighted by Crippen LogP contribution is -2.48. The van der Waals surface area contributed by atoms with Crippen molar-refractivity contribution in [2.24, 2.45) is 0 Å². The maximum Gasteiger partial charge on any atom is 0.239 e. The van der Waals surface area contributed by atoms with E-state index >= 15 is 0 Å². The first kappa shape index (κ1) is 12.7. The molecule has 0 bridgehead atoms. The van der Waals surface area contributed by atoms with Crippen molar-refractivity contribution in [3.05, 3.63) is 0 Å². The van der Waals surface area contributed by atoms with Crippen LogP contribution in [0, 0.1) is 0 Å². The van der Waals surface area contributed by atoms with Gasteiger partial charge in [-0.25, -0.2) is 0 Å². The van der Waals surface area contributed by atoms with Crippen LogP contribution >= 0.6 is 12.4 Å². The molecule has 1 aliphatic carbocycles. The van der Waals surface area contributed by atoms with Crippen LogP contribution in [0.25, 0.3) is 0 Å². The predicted molar refractivity (Wildman–Crippen MR) is 60.1 cm³/mol. The molecule has 1 aliphatic heterocycles. The van der Waals surface area contributed by atoms with Gasteiger partial charge in [0.2, 0.25) is 5.91 Å². The van der Waals surface area contributed by atoms with Crippen molar-refractivity contribution in [2.45, 2.75) is 43.9 Å². The van der Waals surface area contributed by atoms with E-state index < -0.39 is 0 Å². The zero-order chi connectivity index (χ0) is 10.1. The quantitative estimate of drug-likeness (QED) is 0.715. The average Bonchev–Trinajstić information content (AvgIpc) is 2.47. The second-order valence-corrected chi connectivity index (χ2v) is 4.38. The maximum atomic E-state index is 11.9. The van der Waals surface area contributed by atoms with Crippen LogP contribution in [0.15, 0.2) is 0 Å². The van der Waals surface area contributed by atoms with Gasteiger partial charge in [-0.05, 0) is 25.7 Å². The van der Waals surface area contributed by atoms with E-state index in [0.29, 0.717) is 19.0 Å². The van der Waals surface area contributed by atoms with E-state index in [1.807, 2.05) is 11.9 Å². The fourth-order valence-electron chi connectivity index (χ4n) is 2.10. The number of carbonyl (C=O) groups is 1. The lowest BCUT2D eigenvalue weighted by Gasteiger charge is -2.36. The van der Waals surface area contributed by atoms with Crippen LogP contribution in [0.3, 0.4) is 0 Å². The first-order valence-electron chi connectivity index (χ1n) is 5.36. The minimum atomic E-state index is -0.348. The Balaban J connectivity index is 0.00000112. The highest BCUT2D eigenvalue weighted by molar-refractivity contribution is 5.85. The topological polar surface area (TPSA) is 52.6 Å². The summed E-state index contributed by atoms with van der Waals surface area (Å²) in [6.45, 7) is 0.551. The summed E-state index contributed by atoms with van der Waals surface area (Å²) in [6, 6.07) is 0.289.